The molecule has 0 bridgehead atoms. The maximum Gasteiger partial charge on any atom is 0.408 e. The average molecular weight is 425 g/mol. The first kappa shape index (κ1) is 25.3. The minimum Gasteiger partial charge on any atom is -0.465 e. The lowest BCUT2D eigenvalue weighted by molar-refractivity contribution is 0.0448. The summed E-state index contributed by atoms with van der Waals surface area (Å²) in [4.78, 5) is 28.2. The lowest BCUT2D eigenvalue weighted by atomic mass is 9.93. The maximum atomic E-state index is 12.3. The number of alkyl carbamates (subject to hydrolysis) is 1. The number of carbonyl (C=O) groups is 2. The summed E-state index contributed by atoms with van der Waals surface area (Å²) < 4.78 is 15.7. The van der Waals surface area contributed by atoms with E-state index in [4.69, 9.17) is 13.9 Å². The molecule has 1 rings (SSSR count). The minimum atomic E-state index is -0.563. The molecule has 0 spiro atoms. The van der Waals surface area contributed by atoms with Gasteiger partial charge in [0.15, 0.2) is 5.96 Å². The molecule has 0 aliphatic heterocycles. The van der Waals surface area contributed by atoms with Crippen LogP contribution in [0.4, 0.5) is 4.79 Å². The van der Waals surface area contributed by atoms with Gasteiger partial charge >= 0.3 is 12.1 Å². The fraction of sp³-hybridized carbons (Fsp3) is 0.667. The lowest BCUT2D eigenvalue weighted by Gasteiger charge is -2.34. The third-order valence-corrected chi connectivity index (χ3v) is 4.74. The highest BCUT2D eigenvalue weighted by Gasteiger charge is 2.30. The summed E-state index contributed by atoms with van der Waals surface area (Å²) in [6, 6.07) is 1.65. The summed E-state index contributed by atoms with van der Waals surface area (Å²) in [5, 5.41) is 9.38. The molecule has 1 aromatic heterocycles. The van der Waals surface area contributed by atoms with E-state index in [2.05, 4.69) is 20.9 Å². The molecule has 3 N–H and O–H groups in total. The molecule has 0 atom stereocenters. The molecule has 0 fully saturated rings. The molecule has 9 heteroatoms. The van der Waals surface area contributed by atoms with Crippen LogP contribution in [0.3, 0.4) is 0 Å². The molecule has 1 heterocycles. The Balaban J connectivity index is 2.72. The fourth-order valence-corrected chi connectivity index (χ4v) is 2.83. The number of guanidine groups is 1. The number of aryl methyl sites for hydroxylation is 1. The summed E-state index contributed by atoms with van der Waals surface area (Å²) in [6.07, 6.45) is 0.983. The van der Waals surface area contributed by atoms with E-state index in [0.717, 1.165) is 0 Å². The Labute approximate surface area is 179 Å². The standard InChI is InChI=1S/C21H36N4O5/c1-9-21(10-2,25-19(27)30-20(4,5)6)13-24-18(22-7)23-12-15-11-16(14(3)29-15)17(26)28-8/h11H,9-10,12-13H2,1-8H3,(H,25,27)(H2,22,23,24). The molecular formula is C21H36N4O5. The number of hydrogen-bond donors (Lipinski definition) is 3. The number of ether oxygens (including phenoxy) is 2. The zero-order valence-electron chi connectivity index (χ0n) is 19.4. The largest absolute Gasteiger partial charge is 0.465 e. The number of rotatable bonds is 8. The van der Waals surface area contributed by atoms with Gasteiger partial charge < -0.3 is 29.8 Å². The molecule has 0 radical (unpaired) electrons. The van der Waals surface area contributed by atoms with Crippen LogP contribution < -0.4 is 16.0 Å². The zero-order valence-corrected chi connectivity index (χ0v) is 19.4. The molecule has 9 nitrogen and oxygen atoms in total. The number of methoxy groups -OCH3 is 1. The quantitative estimate of drug-likeness (QED) is 0.334. The Morgan fingerprint density at radius 1 is 1.17 bits per heavy atom. The van der Waals surface area contributed by atoms with Crippen LogP contribution in [0.1, 0.15) is 69.3 Å². The maximum absolute atomic E-state index is 12.3. The van der Waals surface area contributed by atoms with Crippen LogP contribution in [-0.2, 0) is 16.0 Å². The fourth-order valence-electron chi connectivity index (χ4n) is 2.83. The predicted octanol–water partition coefficient (Wildman–Crippen LogP) is 3.12. The number of carbonyl (C=O) groups excluding carboxylic acids is 2. The van der Waals surface area contributed by atoms with Crippen molar-refractivity contribution in [3.05, 3.63) is 23.2 Å². The van der Waals surface area contributed by atoms with Gasteiger partial charge in [-0.15, -0.1) is 0 Å². The molecule has 30 heavy (non-hydrogen) atoms. The first-order valence-corrected chi connectivity index (χ1v) is 10.1. The topological polar surface area (TPSA) is 114 Å². The summed E-state index contributed by atoms with van der Waals surface area (Å²) >= 11 is 0. The Morgan fingerprint density at radius 3 is 2.30 bits per heavy atom. The van der Waals surface area contributed by atoms with E-state index in [9.17, 15) is 9.59 Å². The molecular weight excluding hydrogens is 388 g/mol. The van der Waals surface area contributed by atoms with E-state index in [1.54, 1.807) is 20.0 Å². The number of aliphatic imine (C=N–C) groups is 1. The van der Waals surface area contributed by atoms with Gasteiger partial charge in [-0.05, 0) is 46.6 Å². The number of nitrogens with zero attached hydrogens (tertiary/aromatic N) is 1. The second kappa shape index (κ2) is 10.9. The van der Waals surface area contributed by atoms with Gasteiger partial charge in [-0.1, -0.05) is 13.8 Å². The summed E-state index contributed by atoms with van der Waals surface area (Å²) in [5.74, 6) is 1.19. The van der Waals surface area contributed by atoms with Gasteiger partial charge in [-0.25, -0.2) is 9.59 Å². The number of amides is 1. The van der Waals surface area contributed by atoms with Crippen LogP contribution >= 0.6 is 0 Å². The van der Waals surface area contributed by atoms with Gasteiger partial charge in [0.25, 0.3) is 0 Å². The summed E-state index contributed by atoms with van der Waals surface area (Å²) in [7, 11) is 2.99. The number of hydrogen-bond acceptors (Lipinski definition) is 6. The van der Waals surface area contributed by atoms with E-state index >= 15 is 0 Å². The SMILES string of the molecule is CCC(CC)(CNC(=NC)NCc1cc(C(=O)OC)c(C)o1)NC(=O)OC(C)(C)C. The van der Waals surface area contributed by atoms with Crippen molar-refractivity contribution in [2.45, 2.75) is 72.1 Å². The van der Waals surface area contributed by atoms with E-state index in [1.807, 2.05) is 34.6 Å². The highest BCUT2D eigenvalue weighted by Crippen LogP contribution is 2.17. The predicted molar refractivity (Wildman–Crippen MR) is 116 cm³/mol. The van der Waals surface area contributed by atoms with Gasteiger partial charge in [0.05, 0.1) is 19.2 Å². The van der Waals surface area contributed by atoms with Crippen LogP contribution in [0.15, 0.2) is 15.5 Å². The van der Waals surface area contributed by atoms with E-state index < -0.39 is 23.2 Å². The van der Waals surface area contributed by atoms with Crippen LogP contribution in [-0.4, -0.2) is 49.9 Å². The van der Waals surface area contributed by atoms with Crippen LogP contribution in [0.5, 0.6) is 0 Å². The summed E-state index contributed by atoms with van der Waals surface area (Å²) in [5.41, 5.74) is -0.652. The Bertz CT molecular complexity index is 745. The van der Waals surface area contributed by atoms with Crippen molar-refractivity contribution in [1.29, 1.82) is 0 Å². The van der Waals surface area contributed by atoms with Gasteiger partial charge in [-0.3, -0.25) is 4.99 Å². The minimum absolute atomic E-state index is 0.336. The van der Waals surface area contributed by atoms with E-state index in [1.165, 1.54) is 7.11 Å². The zero-order chi connectivity index (χ0) is 22.9. The molecule has 0 aliphatic rings. The monoisotopic (exact) mass is 424 g/mol. The van der Waals surface area contributed by atoms with E-state index in [-0.39, 0.29) is 0 Å². The lowest BCUT2D eigenvalue weighted by Crippen LogP contribution is -2.57. The highest BCUT2D eigenvalue weighted by molar-refractivity contribution is 5.90. The van der Waals surface area contributed by atoms with Crippen molar-refractivity contribution in [3.63, 3.8) is 0 Å². The molecule has 0 unspecified atom stereocenters. The first-order chi connectivity index (χ1) is 14.0. The van der Waals surface area contributed by atoms with Crippen LogP contribution in [0.25, 0.3) is 0 Å². The molecule has 0 saturated heterocycles. The molecule has 1 aromatic rings. The third-order valence-electron chi connectivity index (χ3n) is 4.74. The number of furan rings is 1. The second-order valence-electron chi connectivity index (χ2n) is 8.07. The highest BCUT2D eigenvalue weighted by atomic mass is 16.6. The van der Waals surface area contributed by atoms with Crippen molar-refractivity contribution < 1.29 is 23.5 Å². The Kier molecular flexibility index (Phi) is 9.20. The Hall–Kier alpha value is -2.71. The van der Waals surface area contributed by atoms with Gasteiger partial charge in [0.2, 0.25) is 0 Å². The van der Waals surface area contributed by atoms with Crippen LogP contribution in [0, 0.1) is 6.92 Å². The molecule has 170 valence electrons. The number of nitrogens with one attached hydrogen (secondary N) is 3. The summed E-state index contributed by atoms with van der Waals surface area (Å²) in [6.45, 7) is 12.0. The first-order valence-electron chi connectivity index (χ1n) is 10.1. The third kappa shape index (κ3) is 7.61. The van der Waals surface area contributed by atoms with Gasteiger partial charge in [0.1, 0.15) is 22.7 Å². The second-order valence-corrected chi connectivity index (χ2v) is 8.07. The Morgan fingerprint density at radius 2 is 1.80 bits per heavy atom. The molecule has 0 aliphatic carbocycles. The van der Waals surface area contributed by atoms with Crippen molar-refractivity contribution >= 4 is 18.0 Å². The molecule has 0 saturated carbocycles. The molecule has 1 amide bonds. The number of esters is 1. The van der Waals surface area contributed by atoms with E-state index in [0.29, 0.717) is 49.0 Å². The van der Waals surface area contributed by atoms with Crippen molar-refractivity contribution in [2.75, 3.05) is 20.7 Å². The molecule has 0 aromatic carbocycles. The van der Waals surface area contributed by atoms with Crippen LogP contribution in [0.2, 0.25) is 0 Å². The average Bonchev–Trinajstić information content (AvgIpc) is 3.05. The van der Waals surface area contributed by atoms with Gasteiger partial charge in [-0.2, -0.15) is 0 Å². The normalized spacial score (nSPS) is 12.3. The van der Waals surface area contributed by atoms with Crippen molar-refractivity contribution in [3.8, 4) is 0 Å². The smallest absolute Gasteiger partial charge is 0.408 e. The van der Waals surface area contributed by atoms with Crippen molar-refractivity contribution in [2.24, 2.45) is 4.99 Å². The van der Waals surface area contributed by atoms with Gasteiger partial charge in [0, 0.05) is 13.6 Å². The van der Waals surface area contributed by atoms with Crippen molar-refractivity contribution in [1.82, 2.24) is 16.0 Å².